The highest BCUT2D eigenvalue weighted by Crippen LogP contribution is 2.27. The standard InChI is InChI=1S/C18H23N3O2S/c1-12-4-3-9-21(10-12)11-16-17(20-18(23)24-16)14-5-7-15(8-6-14)19-13(2)22/h5-8,12H,3-4,9-11H2,1-2H3,(H,19,22)(H,20,23). The van der Waals surface area contributed by atoms with E-state index in [1.807, 2.05) is 24.3 Å². The molecule has 0 bridgehead atoms. The van der Waals surface area contributed by atoms with Gasteiger partial charge in [0.05, 0.1) is 5.69 Å². The van der Waals surface area contributed by atoms with E-state index < -0.39 is 0 Å². The second-order valence-corrected chi connectivity index (χ2v) is 7.62. The normalized spacial score (nSPS) is 18.5. The average molecular weight is 345 g/mol. The first kappa shape index (κ1) is 16.9. The number of hydrogen-bond acceptors (Lipinski definition) is 4. The van der Waals surface area contributed by atoms with Crippen LogP contribution >= 0.6 is 11.3 Å². The van der Waals surface area contributed by atoms with Gasteiger partial charge in [0.1, 0.15) is 0 Å². The molecule has 2 heterocycles. The molecular weight excluding hydrogens is 322 g/mol. The number of piperidine rings is 1. The summed E-state index contributed by atoms with van der Waals surface area (Å²) in [6, 6.07) is 7.59. The molecule has 3 rings (SSSR count). The first-order valence-corrected chi connectivity index (χ1v) is 9.15. The van der Waals surface area contributed by atoms with E-state index in [2.05, 4.69) is 22.1 Å². The number of amides is 1. The van der Waals surface area contributed by atoms with Crippen LogP contribution in [0.15, 0.2) is 29.1 Å². The number of carbonyl (C=O) groups is 1. The summed E-state index contributed by atoms with van der Waals surface area (Å²) in [7, 11) is 0. The van der Waals surface area contributed by atoms with E-state index >= 15 is 0 Å². The maximum absolute atomic E-state index is 11.9. The van der Waals surface area contributed by atoms with Gasteiger partial charge in [0.15, 0.2) is 0 Å². The van der Waals surface area contributed by atoms with Crippen LogP contribution in [0.5, 0.6) is 0 Å². The van der Waals surface area contributed by atoms with Crippen LogP contribution in [0.2, 0.25) is 0 Å². The predicted molar refractivity (Wildman–Crippen MR) is 98.4 cm³/mol. The Morgan fingerprint density at radius 3 is 2.79 bits per heavy atom. The second-order valence-electron chi connectivity index (χ2n) is 6.55. The fraction of sp³-hybridized carbons (Fsp3) is 0.444. The van der Waals surface area contributed by atoms with E-state index in [4.69, 9.17) is 0 Å². The van der Waals surface area contributed by atoms with Gasteiger partial charge in [-0.25, -0.2) is 0 Å². The summed E-state index contributed by atoms with van der Waals surface area (Å²) >= 11 is 1.30. The molecule has 2 aromatic rings. The van der Waals surface area contributed by atoms with E-state index in [0.717, 1.165) is 47.4 Å². The maximum atomic E-state index is 11.9. The first-order chi connectivity index (χ1) is 11.5. The SMILES string of the molecule is CC(=O)Nc1ccc(-c2[nH]c(=O)sc2CN2CCCC(C)C2)cc1. The van der Waals surface area contributed by atoms with Gasteiger partial charge in [0.25, 0.3) is 0 Å². The molecule has 128 valence electrons. The third kappa shape index (κ3) is 4.13. The Morgan fingerprint density at radius 1 is 1.38 bits per heavy atom. The first-order valence-electron chi connectivity index (χ1n) is 8.33. The van der Waals surface area contributed by atoms with Crippen molar-refractivity contribution in [3.05, 3.63) is 38.8 Å². The summed E-state index contributed by atoms with van der Waals surface area (Å²) in [5.41, 5.74) is 2.63. The topological polar surface area (TPSA) is 65.2 Å². The largest absolute Gasteiger partial charge is 0.326 e. The molecule has 1 fully saturated rings. The maximum Gasteiger partial charge on any atom is 0.305 e. The molecule has 1 aliphatic heterocycles. The lowest BCUT2D eigenvalue weighted by Gasteiger charge is -2.30. The van der Waals surface area contributed by atoms with Crippen LogP contribution in [0.1, 0.15) is 31.6 Å². The van der Waals surface area contributed by atoms with E-state index in [0.29, 0.717) is 0 Å². The zero-order chi connectivity index (χ0) is 17.1. The summed E-state index contributed by atoms with van der Waals surface area (Å²) in [6.45, 7) is 6.77. The van der Waals surface area contributed by atoms with Crippen molar-refractivity contribution in [3.8, 4) is 11.3 Å². The molecule has 1 aliphatic rings. The number of thiazole rings is 1. The predicted octanol–water partition coefficient (Wildman–Crippen LogP) is 3.29. The summed E-state index contributed by atoms with van der Waals surface area (Å²) in [5.74, 6) is 0.626. The summed E-state index contributed by atoms with van der Waals surface area (Å²) in [6.07, 6.45) is 2.51. The van der Waals surface area contributed by atoms with Crippen LogP contribution in [0.3, 0.4) is 0 Å². The van der Waals surface area contributed by atoms with E-state index in [1.165, 1.54) is 31.1 Å². The van der Waals surface area contributed by atoms with Gasteiger partial charge < -0.3 is 10.3 Å². The molecule has 1 aromatic heterocycles. The number of hydrogen-bond donors (Lipinski definition) is 2. The molecule has 0 radical (unpaired) electrons. The lowest BCUT2D eigenvalue weighted by molar-refractivity contribution is -0.114. The molecule has 1 saturated heterocycles. The molecule has 0 saturated carbocycles. The number of likely N-dealkylation sites (tertiary alicyclic amines) is 1. The molecule has 5 nitrogen and oxygen atoms in total. The Bertz CT molecular complexity index is 763. The Kier molecular flexibility index (Phi) is 5.16. The van der Waals surface area contributed by atoms with Crippen molar-refractivity contribution in [1.29, 1.82) is 0 Å². The fourth-order valence-electron chi connectivity index (χ4n) is 3.26. The van der Waals surface area contributed by atoms with Gasteiger partial charge in [-0.1, -0.05) is 30.4 Å². The van der Waals surface area contributed by atoms with Crippen molar-refractivity contribution < 1.29 is 4.79 Å². The molecule has 0 spiro atoms. The monoisotopic (exact) mass is 345 g/mol. The zero-order valence-corrected chi connectivity index (χ0v) is 14.9. The van der Waals surface area contributed by atoms with Crippen LogP contribution in [-0.4, -0.2) is 28.9 Å². The molecule has 1 amide bonds. The fourth-order valence-corrected chi connectivity index (χ4v) is 4.16. The van der Waals surface area contributed by atoms with Crippen molar-refractivity contribution in [3.63, 3.8) is 0 Å². The molecule has 1 aromatic carbocycles. The van der Waals surface area contributed by atoms with Crippen LogP contribution in [-0.2, 0) is 11.3 Å². The van der Waals surface area contributed by atoms with E-state index in [-0.39, 0.29) is 10.8 Å². The minimum atomic E-state index is -0.0911. The summed E-state index contributed by atoms with van der Waals surface area (Å²) in [5, 5.41) is 2.76. The van der Waals surface area contributed by atoms with Crippen LogP contribution in [0.4, 0.5) is 5.69 Å². The highest BCUT2D eigenvalue weighted by molar-refractivity contribution is 7.09. The van der Waals surface area contributed by atoms with Crippen molar-refractivity contribution >= 4 is 22.9 Å². The highest BCUT2D eigenvalue weighted by atomic mass is 32.1. The van der Waals surface area contributed by atoms with Crippen LogP contribution < -0.4 is 10.2 Å². The van der Waals surface area contributed by atoms with Crippen molar-refractivity contribution in [2.75, 3.05) is 18.4 Å². The number of aromatic amines is 1. The lowest BCUT2D eigenvalue weighted by atomic mass is 10.00. The number of anilines is 1. The Balaban J connectivity index is 1.80. The molecule has 6 heteroatoms. The number of carbonyl (C=O) groups excluding carboxylic acids is 1. The minimum absolute atomic E-state index is 0.0176. The Morgan fingerprint density at radius 2 is 2.12 bits per heavy atom. The smallest absolute Gasteiger partial charge is 0.305 e. The Labute approximate surface area is 145 Å². The van der Waals surface area contributed by atoms with Gasteiger partial charge in [-0.05, 0) is 43.0 Å². The molecule has 1 atom stereocenters. The number of H-pyrrole nitrogens is 1. The Hall–Kier alpha value is -1.92. The van der Waals surface area contributed by atoms with Crippen molar-refractivity contribution in [2.24, 2.45) is 5.92 Å². The minimum Gasteiger partial charge on any atom is -0.326 e. The zero-order valence-electron chi connectivity index (χ0n) is 14.1. The number of nitrogens with one attached hydrogen (secondary N) is 2. The molecule has 24 heavy (non-hydrogen) atoms. The number of nitrogens with zero attached hydrogens (tertiary/aromatic N) is 1. The van der Waals surface area contributed by atoms with E-state index in [9.17, 15) is 9.59 Å². The van der Waals surface area contributed by atoms with Crippen LogP contribution in [0.25, 0.3) is 11.3 Å². The molecule has 1 unspecified atom stereocenters. The summed E-state index contributed by atoms with van der Waals surface area (Å²) < 4.78 is 0. The lowest BCUT2D eigenvalue weighted by Crippen LogP contribution is -2.33. The molecular formula is C18H23N3O2S. The molecule has 2 N–H and O–H groups in total. The number of rotatable bonds is 4. The molecule has 0 aliphatic carbocycles. The van der Waals surface area contributed by atoms with Gasteiger partial charge in [-0.3, -0.25) is 14.5 Å². The van der Waals surface area contributed by atoms with Crippen molar-refractivity contribution in [1.82, 2.24) is 9.88 Å². The van der Waals surface area contributed by atoms with Gasteiger partial charge in [0.2, 0.25) is 5.91 Å². The van der Waals surface area contributed by atoms with Gasteiger partial charge in [-0.2, -0.15) is 0 Å². The highest BCUT2D eigenvalue weighted by Gasteiger charge is 2.19. The van der Waals surface area contributed by atoms with E-state index in [1.54, 1.807) is 0 Å². The van der Waals surface area contributed by atoms with Crippen molar-refractivity contribution in [2.45, 2.75) is 33.2 Å². The second kappa shape index (κ2) is 7.32. The third-order valence-corrected chi connectivity index (χ3v) is 5.19. The number of benzene rings is 1. The van der Waals surface area contributed by atoms with Gasteiger partial charge >= 0.3 is 4.87 Å². The summed E-state index contributed by atoms with van der Waals surface area (Å²) in [4.78, 5) is 29.5. The van der Waals surface area contributed by atoms with Gasteiger partial charge in [0, 0.05) is 30.6 Å². The quantitative estimate of drug-likeness (QED) is 0.894. The third-order valence-electron chi connectivity index (χ3n) is 4.32. The average Bonchev–Trinajstić information content (AvgIpc) is 2.88. The van der Waals surface area contributed by atoms with Crippen LogP contribution in [0, 0.1) is 5.92 Å². The number of aromatic nitrogens is 1. The van der Waals surface area contributed by atoms with Gasteiger partial charge in [-0.15, -0.1) is 0 Å².